The van der Waals surface area contributed by atoms with Gasteiger partial charge in [-0.05, 0) is 52.0 Å². The number of aromatic nitrogens is 2. The fourth-order valence-corrected chi connectivity index (χ4v) is 2.89. The van der Waals surface area contributed by atoms with E-state index < -0.39 is 29.8 Å². The summed E-state index contributed by atoms with van der Waals surface area (Å²) in [6, 6.07) is 5.53. The smallest absolute Gasteiger partial charge is 0.413 e. The van der Waals surface area contributed by atoms with Gasteiger partial charge >= 0.3 is 12.2 Å². The number of anilines is 1. The number of hydrazine groups is 1. The summed E-state index contributed by atoms with van der Waals surface area (Å²) >= 11 is 5.91. The molecule has 0 aliphatic rings. The van der Waals surface area contributed by atoms with Gasteiger partial charge in [-0.2, -0.15) is 4.39 Å². The first-order valence-corrected chi connectivity index (χ1v) is 10.4. The fraction of sp³-hybridized carbons (Fsp3) is 0.333. The number of halogens is 2. The summed E-state index contributed by atoms with van der Waals surface area (Å²) in [5.74, 6) is 5.06. The van der Waals surface area contributed by atoms with Crippen molar-refractivity contribution in [1.82, 2.24) is 20.3 Å². The molecule has 2 amide bonds. The Bertz CT molecular complexity index is 1070. The Labute approximate surface area is 201 Å². The van der Waals surface area contributed by atoms with Crippen molar-refractivity contribution >= 4 is 35.2 Å². The van der Waals surface area contributed by atoms with Crippen LogP contribution < -0.4 is 22.2 Å². The molecule has 2 aromatic heterocycles. The molecule has 0 spiro atoms. The number of carbonyl (C=O) groups excluding carboxylic acids is 2. The van der Waals surface area contributed by atoms with E-state index in [1.807, 2.05) is 0 Å². The van der Waals surface area contributed by atoms with E-state index in [1.54, 1.807) is 26.8 Å². The molecular weight excluding hydrogens is 469 g/mol. The molecule has 0 bridgehead atoms. The number of carbonyl (C=O) groups is 2. The van der Waals surface area contributed by atoms with E-state index in [9.17, 15) is 14.0 Å². The van der Waals surface area contributed by atoms with Crippen molar-refractivity contribution in [3.63, 3.8) is 0 Å². The molecule has 2 aromatic rings. The molecule has 0 fully saturated rings. The highest BCUT2D eigenvalue weighted by Crippen LogP contribution is 2.24. The molecule has 0 aromatic carbocycles. The number of pyridine rings is 2. The molecule has 6 N–H and O–H groups in total. The normalized spacial score (nSPS) is 12.8. The molecule has 184 valence electrons. The first kappa shape index (κ1) is 26.6. The van der Waals surface area contributed by atoms with Crippen LogP contribution in [0.1, 0.15) is 45.1 Å². The third-order valence-corrected chi connectivity index (χ3v) is 4.38. The minimum absolute atomic E-state index is 0.000814. The van der Waals surface area contributed by atoms with Gasteiger partial charge in [-0.3, -0.25) is 20.6 Å². The molecule has 0 saturated carbocycles. The van der Waals surface area contributed by atoms with Gasteiger partial charge in [0, 0.05) is 12.6 Å². The van der Waals surface area contributed by atoms with E-state index in [2.05, 4.69) is 20.6 Å². The second-order valence-corrected chi connectivity index (χ2v) is 8.48. The second kappa shape index (κ2) is 11.0. The van der Waals surface area contributed by atoms with Crippen LogP contribution in [0.2, 0.25) is 5.15 Å². The zero-order chi connectivity index (χ0) is 25.6. The van der Waals surface area contributed by atoms with Crippen LogP contribution >= 0.6 is 11.6 Å². The minimum atomic E-state index is -0.897. The summed E-state index contributed by atoms with van der Waals surface area (Å²) in [5.41, 5.74) is 6.47. The van der Waals surface area contributed by atoms with E-state index >= 15 is 0 Å². The summed E-state index contributed by atoms with van der Waals surface area (Å²) in [7, 11) is 1.45. The third-order valence-electron chi connectivity index (χ3n) is 4.08. The van der Waals surface area contributed by atoms with Crippen LogP contribution in [0.4, 0.5) is 19.7 Å². The zero-order valence-corrected chi connectivity index (χ0v) is 20.1. The Morgan fingerprint density at radius 2 is 1.88 bits per heavy atom. The standard InChI is InChI=1S/C21H27ClFN7O4/c1-11(13-7-9-15(23)28-17(13)22)33-19(31)29-18(30(5)25)16(24)14-8-6-12(10-26-14)27-20(32)34-21(2,3)4/h6-11H,24-25H2,1-5H3,(H,27,32)(H,29,31)/b18-16-. The van der Waals surface area contributed by atoms with Crippen LogP contribution in [0.3, 0.4) is 0 Å². The van der Waals surface area contributed by atoms with Gasteiger partial charge in [0.05, 0.1) is 17.6 Å². The maximum atomic E-state index is 13.1. The monoisotopic (exact) mass is 495 g/mol. The van der Waals surface area contributed by atoms with Crippen LogP contribution in [-0.4, -0.2) is 39.8 Å². The quantitative estimate of drug-likeness (QED) is 0.267. The molecule has 11 nitrogen and oxygen atoms in total. The number of hydrogen-bond acceptors (Lipinski definition) is 9. The summed E-state index contributed by atoms with van der Waals surface area (Å²) in [4.78, 5) is 32.0. The number of hydrogen-bond donors (Lipinski definition) is 4. The first-order valence-electron chi connectivity index (χ1n) is 10.0. The molecular formula is C21H27ClFN7O4. The third kappa shape index (κ3) is 7.74. The lowest BCUT2D eigenvalue weighted by molar-refractivity contribution is 0.0635. The molecule has 2 heterocycles. The van der Waals surface area contributed by atoms with Gasteiger partial charge in [0.1, 0.15) is 22.6 Å². The fourth-order valence-electron chi connectivity index (χ4n) is 2.59. The van der Waals surface area contributed by atoms with Crippen molar-refractivity contribution in [3.05, 3.63) is 58.6 Å². The minimum Gasteiger partial charge on any atom is -0.444 e. The van der Waals surface area contributed by atoms with Crippen LogP contribution in [-0.2, 0) is 9.47 Å². The highest BCUT2D eigenvalue weighted by atomic mass is 35.5. The van der Waals surface area contributed by atoms with E-state index in [0.717, 1.165) is 11.1 Å². The van der Waals surface area contributed by atoms with Crippen LogP contribution in [0.5, 0.6) is 0 Å². The summed E-state index contributed by atoms with van der Waals surface area (Å²) in [6.07, 6.45) is -1.01. The van der Waals surface area contributed by atoms with Gasteiger partial charge in [-0.15, -0.1) is 0 Å². The lowest BCUT2D eigenvalue weighted by Crippen LogP contribution is -2.39. The predicted octanol–water partition coefficient (Wildman–Crippen LogP) is 3.49. The number of nitrogens with two attached hydrogens (primary N) is 2. The molecule has 0 radical (unpaired) electrons. The predicted molar refractivity (Wildman–Crippen MR) is 124 cm³/mol. The average Bonchev–Trinajstić information content (AvgIpc) is 2.70. The van der Waals surface area contributed by atoms with Crippen molar-refractivity contribution < 1.29 is 23.5 Å². The lowest BCUT2D eigenvalue weighted by atomic mass is 10.2. The second-order valence-electron chi connectivity index (χ2n) is 8.12. The Kier molecular flexibility index (Phi) is 8.60. The van der Waals surface area contributed by atoms with Crippen molar-refractivity contribution in [2.24, 2.45) is 11.6 Å². The maximum Gasteiger partial charge on any atom is 0.413 e. The SMILES string of the molecule is CC(OC(=O)N/C(=C(/N)c1ccc(NC(=O)OC(C)(C)C)cn1)N(C)N)c1ccc(F)nc1Cl. The van der Waals surface area contributed by atoms with Crippen molar-refractivity contribution in [3.8, 4) is 0 Å². The largest absolute Gasteiger partial charge is 0.444 e. The van der Waals surface area contributed by atoms with Crippen molar-refractivity contribution in [2.45, 2.75) is 39.4 Å². The molecule has 1 atom stereocenters. The number of amides is 2. The number of nitrogens with one attached hydrogen (secondary N) is 2. The Morgan fingerprint density at radius 3 is 2.41 bits per heavy atom. The van der Waals surface area contributed by atoms with E-state index in [0.29, 0.717) is 11.3 Å². The van der Waals surface area contributed by atoms with Gasteiger partial charge in [-0.1, -0.05) is 11.6 Å². The molecule has 34 heavy (non-hydrogen) atoms. The van der Waals surface area contributed by atoms with Crippen molar-refractivity contribution in [1.29, 1.82) is 0 Å². The maximum absolute atomic E-state index is 13.1. The van der Waals surface area contributed by atoms with Gasteiger partial charge in [0.25, 0.3) is 0 Å². The van der Waals surface area contributed by atoms with Gasteiger partial charge in [0.2, 0.25) is 5.95 Å². The molecule has 0 saturated heterocycles. The van der Waals surface area contributed by atoms with Crippen LogP contribution in [0, 0.1) is 5.95 Å². The summed E-state index contributed by atoms with van der Waals surface area (Å²) < 4.78 is 23.6. The number of alkyl carbamates (subject to hydrolysis) is 1. The highest BCUT2D eigenvalue weighted by molar-refractivity contribution is 6.30. The van der Waals surface area contributed by atoms with Gasteiger partial charge < -0.3 is 15.2 Å². The van der Waals surface area contributed by atoms with Crippen molar-refractivity contribution in [2.75, 3.05) is 12.4 Å². The first-order chi connectivity index (χ1) is 15.8. The molecule has 2 rings (SSSR count). The molecule has 0 aliphatic heterocycles. The highest BCUT2D eigenvalue weighted by Gasteiger charge is 2.20. The summed E-state index contributed by atoms with van der Waals surface area (Å²) in [5, 5.41) is 5.94. The van der Waals surface area contributed by atoms with Gasteiger partial charge in [-0.25, -0.2) is 20.4 Å². The Hall–Kier alpha value is -3.64. The number of ether oxygens (including phenoxy) is 2. The number of rotatable bonds is 6. The van der Waals surface area contributed by atoms with E-state index in [4.69, 9.17) is 32.7 Å². The Balaban J connectivity index is 2.12. The molecule has 1 unspecified atom stereocenters. The lowest BCUT2D eigenvalue weighted by Gasteiger charge is -2.22. The van der Waals surface area contributed by atoms with Crippen LogP contribution in [0.25, 0.3) is 5.70 Å². The topological polar surface area (TPSA) is 158 Å². The summed E-state index contributed by atoms with van der Waals surface area (Å²) in [6.45, 7) is 6.77. The van der Waals surface area contributed by atoms with Crippen LogP contribution in [0.15, 0.2) is 36.3 Å². The zero-order valence-electron chi connectivity index (χ0n) is 19.3. The van der Waals surface area contributed by atoms with E-state index in [-0.39, 0.29) is 22.4 Å². The number of nitrogens with zero attached hydrogens (tertiary/aromatic N) is 3. The van der Waals surface area contributed by atoms with Gasteiger partial charge in [0.15, 0.2) is 5.82 Å². The molecule has 13 heteroatoms. The average molecular weight is 496 g/mol. The Morgan fingerprint density at radius 1 is 1.21 bits per heavy atom. The van der Waals surface area contributed by atoms with E-state index in [1.165, 1.54) is 32.3 Å². The molecule has 0 aliphatic carbocycles.